The predicted molar refractivity (Wildman–Crippen MR) is 91.9 cm³/mol. The van der Waals surface area contributed by atoms with E-state index < -0.39 is 5.91 Å². The van der Waals surface area contributed by atoms with E-state index in [4.69, 9.17) is 45.3 Å². The summed E-state index contributed by atoms with van der Waals surface area (Å²) in [6.45, 7) is 0. The van der Waals surface area contributed by atoms with Crippen LogP contribution in [0.4, 0.5) is 5.95 Å². The van der Waals surface area contributed by atoms with Gasteiger partial charge in [0.15, 0.2) is 5.75 Å². The largest absolute Gasteiger partial charge is 0.494 e. The highest BCUT2D eigenvalue weighted by molar-refractivity contribution is 6.46. The van der Waals surface area contributed by atoms with Crippen LogP contribution in [0.5, 0.6) is 5.75 Å². The number of hydrogen-bond acceptors (Lipinski definition) is 4. The second-order valence-electron chi connectivity index (χ2n) is 4.66. The Kier molecular flexibility index (Phi) is 4.10. The topological polar surface area (TPSA) is 70.1 Å². The van der Waals surface area contributed by atoms with Gasteiger partial charge in [0.2, 0.25) is 5.95 Å². The van der Waals surface area contributed by atoms with Crippen LogP contribution in [-0.2, 0) is 0 Å². The molecule has 23 heavy (non-hydrogen) atoms. The molecule has 0 atom stereocenters. The molecule has 0 bridgehead atoms. The number of fused-ring (bicyclic) bond motifs is 1. The number of ether oxygens (including phenoxy) is 1. The van der Waals surface area contributed by atoms with Crippen LogP contribution < -0.4 is 10.5 Å². The highest BCUT2D eigenvalue weighted by Gasteiger charge is 2.26. The number of rotatable bonds is 2. The highest BCUT2D eigenvalue weighted by atomic mass is 35.5. The number of hydrogen-bond donors (Lipinski definition) is 1. The van der Waals surface area contributed by atoms with Crippen LogP contribution in [0, 0.1) is 0 Å². The molecule has 0 unspecified atom stereocenters. The SMILES string of the molecule is COc1c(Cl)cc(Cl)c(Cl)c1C(=O)n1c(N)nc2ccccc21. The quantitative estimate of drug-likeness (QED) is 0.684. The minimum Gasteiger partial charge on any atom is -0.494 e. The average Bonchev–Trinajstić information content (AvgIpc) is 2.85. The van der Waals surface area contributed by atoms with Gasteiger partial charge in [-0.15, -0.1) is 0 Å². The Morgan fingerprint density at radius 2 is 1.91 bits per heavy atom. The Morgan fingerprint density at radius 1 is 1.22 bits per heavy atom. The van der Waals surface area contributed by atoms with E-state index in [-0.39, 0.29) is 32.3 Å². The van der Waals surface area contributed by atoms with Crippen LogP contribution in [0.2, 0.25) is 15.1 Å². The molecule has 2 N–H and O–H groups in total. The molecular weight excluding hydrogens is 361 g/mol. The molecule has 3 rings (SSSR count). The van der Waals surface area contributed by atoms with E-state index in [2.05, 4.69) is 4.98 Å². The van der Waals surface area contributed by atoms with Gasteiger partial charge in [-0.2, -0.15) is 0 Å². The van der Waals surface area contributed by atoms with E-state index in [1.54, 1.807) is 24.3 Å². The van der Waals surface area contributed by atoms with Crippen molar-refractivity contribution >= 4 is 57.7 Å². The third kappa shape index (κ3) is 2.51. The first-order chi connectivity index (χ1) is 11.0. The Bertz CT molecular complexity index is 937. The van der Waals surface area contributed by atoms with Crippen molar-refractivity contribution in [3.8, 4) is 5.75 Å². The van der Waals surface area contributed by atoms with Gasteiger partial charge >= 0.3 is 0 Å². The lowest BCUT2D eigenvalue weighted by Crippen LogP contribution is -2.16. The number of anilines is 1. The summed E-state index contributed by atoms with van der Waals surface area (Å²) in [5.41, 5.74) is 7.05. The molecule has 3 aromatic rings. The van der Waals surface area contributed by atoms with Crippen molar-refractivity contribution in [2.45, 2.75) is 0 Å². The van der Waals surface area contributed by atoms with Crippen molar-refractivity contribution in [3.05, 3.63) is 51.0 Å². The monoisotopic (exact) mass is 369 g/mol. The third-order valence-corrected chi connectivity index (χ3v) is 4.40. The van der Waals surface area contributed by atoms with Gasteiger partial charge in [0.1, 0.15) is 5.56 Å². The number of nitrogens with zero attached hydrogens (tertiary/aromatic N) is 2. The summed E-state index contributed by atoms with van der Waals surface area (Å²) in [5.74, 6) is -0.365. The smallest absolute Gasteiger partial charge is 0.270 e. The molecule has 118 valence electrons. The van der Waals surface area contributed by atoms with Crippen LogP contribution in [0.15, 0.2) is 30.3 Å². The fourth-order valence-electron chi connectivity index (χ4n) is 2.34. The zero-order valence-corrected chi connectivity index (χ0v) is 14.1. The zero-order chi connectivity index (χ0) is 16.7. The van der Waals surface area contributed by atoms with E-state index in [1.165, 1.54) is 17.7 Å². The Hall–Kier alpha value is -1.95. The number of halogens is 3. The first-order valence-corrected chi connectivity index (χ1v) is 7.58. The molecule has 0 radical (unpaired) electrons. The van der Waals surface area contributed by atoms with Crippen LogP contribution in [0.3, 0.4) is 0 Å². The van der Waals surface area contributed by atoms with Gasteiger partial charge < -0.3 is 10.5 Å². The maximum Gasteiger partial charge on any atom is 0.270 e. The van der Waals surface area contributed by atoms with Crippen molar-refractivity contribution in [1.29, 1.82) is 0 Å². The number of carbonyl (C=O) groups is 1. The summed E-state index contributed by atoms with van der Waals surface area (Å²) in [7, 11) is 1.39. The maximum atomic E-state index is 13.0. The Balaban J connectivity index is 2.31. The number of imidazole rings is 1. The van der Waals surface area contributed by atoms with Gasteiger partial charge in [0, 0.05) is 0 Å². The molecule has 0 spiro atoms. The zero-order valence-electron chi connectivity index (χ0n) is 11.8. The van der Waals surface area contributed by atoms with E-state index >= 15 is 0 Å². The van der Waals surface area contributed by atoms with Crippen LogP contribution in [0.1, 0.15) is 10.4 Å². The number of para-hydroxylation sites is 2. The van der Waals surface area contributed by atoms with E-state index in [1.807, 2.05) is 0 Å². The summed E-state index contributed by atoms with van der Waals surface area (Å²) in [6, 6.07) is 8.46. The first-order valence-electron chi connectivity index (χ1n) is 6.44. The highest BCUT2D eigenvalue weighted by Crippen LogP contribution is 2.40. The molecule has 0 aliphatic heterocycles. The van der Waals surface area contributed by atoms with Crippen molar-refractivity contribution in [2.75, 3.05) is 12.8 Å². The molecule has 8 heteroatoms. The van der Waals surface area contributed by atoms with Crippen molar-refractivity contribution in [2.24, 2.45) is 0 Å². The molecule has 2 aromatic carbocycles. The van der Waals surface area contributed by atoms with Gasteiger partial charge in [-0.25, -0.2) is 9.55 Å². The average molecular weight is 371 g/mol. The normalized spacial score (nSPS) is 11.0. The van der Waals surface area contributed by atoms with Gasteiger partial charge in [0.05, 0.1) is 33.2 Å². The first kappa shape index (κ1) is 15.9. The lowest BCUT2D eigenvalue weighted by molar-refractivity contribution is 0.0964. The maximum absolute atomic E-state index is 13.0. The predicted octanol–water partition coefficient (Wildman–Crippen LogP) is 4.28. The third-order valence-electron chi connectivity index (χ3n) is 3.33. The van der Waals surface area contributed by atoms with Crippen LogP contribution >= 0.6 is 34.8 Å². The van der Waals surface area contributed by atoms with Gasteiger partial charge in [-0.1, -0.05) is 46.9 Å². The van der Waals surface area contributed by atoms with Crippen molar-refractivity contribution in [1.82, 2.24) is 9.55 Å². The van der Waals surface area contributed by atoms with E-state index in [9.17, 15) is 4.79 Å². The minimum absolute atomic E-state index is 0.0292. The lowest BCUT2D eigenvalue weighted by atomic mass is 10.1. The molecule has 0 fully saturated rings. The summed E-state index contributed by atoms with van der Waals surface area (Å²) in [5, 5.41) is 0.354. The number of benzene rings is 2. The summed E-state index contributed by atoms with van der Waals surface area (Å²) < 4.78 is 6.45. The second-order valence-corrected chi connectivity index (χ2v) is 5.85. The number of aromatic nitrogens is 2. The van der Waals surface area contributed by atoms with Crippen molar-refractivity contribution < 1.29 is 9.53 Å². The minimum atomic E-state index is -0.526. The van der Waals surface area contributed by atoms with Gasteiger partial charge in [0.25, 0.3) is 5.91 Å². The number of methoxy groups -OCH3 is 1. The molecule has 0 amide bonds. The summed E-state index contributed by atoms with van der Waals surface area (Å²) >= 11 is 18.3. The lowest BCUT2D eigenvalue weighted by Gasteiger charge is -2.14. The number of nitrogens with two attached hydrogens (primary N) is 1. The standard InChI is InChI=1S/C15H10Cl3N3O2/c1-23-13-8(17)6-7(16)12(18)11(13)14(22)21-10-5-3-2-4-9(10)20-15(21)19/h2-6H,1H3,(H2,19,20). The molecular formula is C15H10Cl3N3O2. The molecule has 0 saturated carbocycles. The van der Waals surface area contributed by atoms with Crippen molar-refractivity contribution in [3.63, 3.8) is 0 Å². The number of nitrogen functional groups attached to an aromatic ring is 1. The van der Waals surface area contributed by atoms with Gasteiger partial charge in [-0.05, 0) is 18.2 Å². The Morgan fingerprint density at radius 3 is 2.61 bits per heavy atom. The fraction of sp³-hybridized carbons (Fsp3) is 0.0667. The van der Waals surface area contributed by atoms with E-state index in [0.29, 0.717) is 11.0 Å². The molecule has 0 saturated heterocycles. The van der Waals surface area contributed by atoms with Crippen LogP contribution in [0.25, 0.3) is 11.0 Å². The van der Waals surface area contributed by atoms with E-state index in [0.717, 1.165) is 0 Å². The molecule has 0 aliphatic carbocycles. The van der Waals surface area contributed by atoms with Crippen LogP contribution in [-0.4, -0.2) is 22.6 Å². The molecule has 5 nitrogen and oxygen atoms in total. The molecule has 1 heterocycles. The second kappa shape index (κ2) is 5.92. The van der Waals surface area contributed by atoms with Gasteiger partial charge in [-0.3, -0.25) is 4.79 Å². The fourth-order valence-corrected chi connectivity index (χ4v) is 3.10. The summed E-state index contributed by atoms with van der Waals surface area (Å²) in [4.78, 5) is 17.2. The summed E-state index contributed by atoms with van der Waals surface area (Å²) in [6.07, 6.45) is 0. The number of carbonyl (C=O) groups excluding carboxylic acids is 1. The molecule has 1 aromatic heterocycles. The Labute approximate surface area is 146 Å². The molecule has 0 aliphatic rings.